The van der Waals surface area contributed by atoms with Gasteiger partial charge in [-0.05, 0) is 49.7 Å². The Morgan fingerprint density at radius 3 is 2.74 bits per heavy atom. The summed E-state index contributed by atoms with van der Waals surface area (Å²) in [5.74, 6) is 1.99. The van der Waals surface area contributed by atoms with E-state index in [4.69, 9.17) is 10.5 Å². The number of ether oxygens (including phenoxy) is 1. The number of nitrogens with two attached hydrogens (primary N) is 1. The predicted octanol–water partition coefficient (Wildman–Crippen LogP) is 3.34. The minimum absolute atomic E-state index is 0. The van der Waals surface area contributed by atoms with E-state index in [2.05, 4.69) is 10.3 Å². The fraction of sp³-hybridized carbons (Fsp3) is 0.500. The number of benzene rings is 1. The molecule has 4 unspecified atom stereocenters. The average molecular weight is 412 g/mol. The number of halogens is 2. The van der Waals surface area contributed by atoms with E-state index in [0.717, 1.165) is 35.9 Å². The first kappa shape index (κ1) is 21.7. The number of para-hydroxylation sites is 1. The van der Waals surface area contributed by atoms with Crippen LogP contribution in [-0.2, 0) is 4.79 Å². The first-order valence-electron chi connectivity index (χ1n) is 9.24. The Morgan fingerprint density at radius 1 is 1.19 bits per heavy atom. The summed E-state index contributed by atoms with van der Waals surface area (Å²) in [6.07, 6.45) is 6.03. The van der Waals surface area contributed by atoms with Crippen LogP contribution >= 0.6 is 24.8 Å². The molecule has 0 spiro atoms. The predicted molar refractivity (Wildman–Crippen MR) is 112 cm³/mol. The number of carbonyl (C=O) groups is 1. The van der Waals surface area contributed by atoms with Gasteiger partial charge in [0, 0.05) is 24.2 Å². The number of rotatable bonds is 6. The van der Waals surface area contributed by atoms with E-state index in [1.165, 1.54) is 6.42 Å². The molecule has 1 amide bonds. The number of hydrogen-bond acceptors (Lipinski definition) is 4. The monoisotopic (exact) mass is 411 g/mol. The van der Waals surface area contributed by atoms with Crippen LogP contribution in [0.2, 0.25) is 0 Å². The van der Waals surface area contributed by atoms with Gasteiger partial charge in [-0.25, -0.2) is 0 Å². The van der Waals surface area contributed by atoms with Crippen LogP contribution in [0.15, 0.2) is 36.5 Å². The molecule has 2 bridgehead atoms. The summed E-state index contributed by atoms with van der Waals surface area (Å²) in [5, 5.41) is 4.12. The number of aromatic nitrogens is 1. The Kier molecular flexibility index (Phi) is 7.71. The lowest BCUT2D eigenvalue weighted by molar-refractivity contribution is -0.127. The van der Waals surface area contributed by atoms with Gasteiger partial charge in [-0.2, -0.15) is 0 Å². The molecule has 2 fully saturated rings. The number of carbonyl (C=O) groups excluding carboxylic acids is 1. The first-order valence-corrected chi connectivity index (χ1v) is 9.24. The van der Waals surface area contributed by atoms with Crippen LogP contribution in [0, 0.1) is 17.8 Å². The third-order valence-corrected chi connectivity index (χ3v) is 5.76. The molecular weight excluding hydrogens is 385 g/mol. The van der Waals surface area contributed by atoms with Crippen LogP contribution in [0.3, 0.4) is 0 Å². The van der Waals surface area contributed by atoms with E-state index < -0.39 is 0 Å². The standard InChI is InChI=1S/C20H25N3O2.2ClH/c21-18-15-8-7-14(12-15)17(18)20(24)23-10-3-11-25-16-6-1-4-13-5-2-9-22-19(13)16;;/h1-2,4-6,9,14-15,17-18H,3,7-8,10-12,21H2,(H,23,24);2*1H. The summed E-state index contributed by atoms with van der Waals surface area (Å²) in [4.78, 5) is 16.8. The van der Waals surface area contributed by atoms with Crippen molar-refractivity contribution in [3.8, 4) is 5.75 Å². The first-order chi connectivity index (χ1) is 12.2. The molecule has 0 saturated heterocycles. The van der Waals surface area contributed by atoms with Crippen LogP contribution in [0.25, 0.3) is 10.9 Å². The number of hydrogen-bond donors (Lipinski definition) is 2. The highest BCUT2D eigenvalue weighted by molar-refractivity contribution is 5.86. The Labute approximate surface area is 172 Å². The van der Waals surface area contributed by atoms with Gasteiger partial charge in [-0.1, -0.05) is 18.2 Å². The van der Waals surface area contributed by atoms with Crippen molar-refractivity contribution in [1.82, 2.24) is 10.3 Å². The smallest absolute Gasteiger partial charge is 0.224 e. The number of nitrogens with zero attached hydrogens (tertiary/aromatic N) is 1. The third kappa shape index (κ3) is 4.48. The van der Waals surface area contributed by atoms with E-state index in [-0.39, 0.29) is 42.7 Å². The Balaban J connectivity index is 0.00000131. The highest BCUT2D eigenvalue weighted by Gasteiger charge is 2.48. The number of fused-ring (bicyclic) bond motifs is 3. The Bertz CT molecular complexity index is 766. The lowest BCUT2D eigenvalue weighted by atomic mass is 9.84. The van der Waals surface area contributed by atoms with Crippen LogP contribution in [0.4, 0.5) is 0 Å². The van der Waals surface area contributed by atoms with Crippen molar-refractivity contribution in [2.24, 2.45) is 23.5 Å². The highest BCUT2D eigenvalue weighted by atomic mass is 35.5. The molecule has 148 valence electrons. The molecule has 0 radical (unpaired) electrons. The van der Waals surface area contributed by atoms with Gasteiger partial charge in [-0.15, -0.1) is 24.8 Å². The van der Waals surface area contributed by atoms with Crippen LogP contribution in [-0.4, -0.2) is 30.1 Å². The maximum Gasteiger partial charge on any atom is 0.224 e. The molecule has 3 N–H and O–H groups in total. The minimum atomic E-state index is 0. The number of pyridine rings is 1. The number of amides is 1. The summed E-state index contributed by atoms with van der Waals surface area (Å²) >= 11 is 0. The van der Waals surface area contributed by atoms with E-state index in [0.29, 0.717) is 25.0 Å². The lowest BCUT2D eigenvalue weighted by Gasteiger charge is -2.27. The second-order valence-corrected chi connectivity index (χ2v) is 7.26. The normalized spacial score (nSPS) is 25.5. The molecule has 0 aliphatic heterocycles. The SMILES string of the molecule is Cl.Cl.NC1C2CCC(C2)C1C(=O)NCCCOc1cccc2cccnc12. The molecule has 4 atom stereocenters. The van der Waals surface area contributed by atoms with Crippen molar-refractivity contribution in [3.05, 3.63) is 36.5 Å². The second kappa shape index (κ2) is 9.58. The van der Waals surface area contributed by atoms with E-state index in [1.807, 2.05) is 30.3 Å². The van der Waals surface area contributed by atoms with Crippen molar-refractivity contribution in [2.75, 3.05) is 13.2 Å². The van der Waals surface area contributed by atoms with Crippen molar-refractivity contribution in [2.45, 2.75) is 31.7 Å². The average Bonchev–Trinajstić information content (AvgIpc) is 3.22. The molecule has 1 heterocycles. The fourth-order valence-electron chi connectivity index (χ4n) is 4.50. The second-order valence-electron chi connectivity index (χ2n) is 7.26. The van der Waals surface area contributed by atoms with Crippen molar-refractivity contribution >= 4 is 41.6 Å². The maximum absolute atomic E-state index is 12.4. The lowest BCUT2D eigenvalue weighted by Crippen LogP contribution is -2.45. The van der Waals surface area contributed by atoms with E-state index >= 15 is 0 Å². The molecule has 2 aromatic rings. The van der Waals surface area contributed by atoms with Gasteiger partial charge in [0.05, 0.1) is 12.5 Å². The van der Waals surface area contributed by atoms with Gasteiger partial charge in [0.2, 0.25) is 5.91 Å². The van der Waals surface area contributed by atoms with Gasteiger partial charge < -0.3 is 15.8 Å². The zero-order chi connectivity index (χ0) is 17.2. The quantitative estimate of drug-likeness (QED) is 0.714. The van der Waals surface area contributed by atoms with Gasteiger partial charge >= 0.3 is 0 Å². The van der Waals surface area contributed by atoms with Gasteiger partial charge in [0.25, 0.3) is 0 Å². The molecular formula is C20H27Cl2N3O2. The third-order valence-electron chi connectivity index (χ3n) is 5.76. The molecule has 2 aliphatic carbocycles. The van der Waals surface area contributed by atoms with Crippen LogP contribution < -0.4 is 15.8 Å². The zero-order valence-electron chi connectivity index (χ0n) is 15.2. The number of nitrogens with one attached hydrogen (secondary N) is 1. The topological polar surface area (TPSA) is 77.2 Å². The summed E-state index contributed by atoms with van der Waals surface area (Å²) in [7, 11) is 0. The van der Waals surface area contributed by atoms with Crippen molar-refractivity contribution in [3.63, 3.8) is 0 Å². The molecule has 4 rings (SSSR count). The molecule has 1 aromatic heterocycles. The molecule has 5 nitrogen and oxygen atoms in total. The maximum atomic E-state index is 12.4. The van der Waals surface area contributed by atoms with Crippen LogP contribution in [0.1, 0.15) is 25.7 Å². The highest BCUT2D eigenvalue weighted by Crippen LogP contribution is 2.47. The molecule has 27 heavy (non-hydrogen) atoms. The van der Waals surface area contributed by atoms with Gasteiger partial charge in [0.15, 0.2) is 0 Å². The van der Waals surface area contributed by atoms with E-state index in [9.17, 15) is 4.79 Å². The Morgan fingerprint density at radius 2 is 1.96 bits per heavy atom. The van der Waals surface area contributed by atoms with Crippen molar-refractivity contribution < 1.29 is 9.53 Å². The van der Waals surface area contributed by atoms with Gasteiger partial charge in [0.1, 0.15) is 11.3 Å². The summed E-state index contributed by atoms with van der Waals surface area (Å²) in [5.41, 5.74) is 7.11. The Hall–Kier alpha value is -1.56. The fourth-order valence-corrected chi connectivity index (χ4v) is 4.50. The molecule has 2 saturated carbocycles. The summed E-state index contributed by atoms with van der Waals surface area (Å²) in [6.45, 7) is 1.18. The minimum Gasteiger partial charge on any atom is -0.491 e. The van der Waals surface area contributed by atoms with Crippen LogP contribution in [0.5, 0.6) is 5.75 Å². The molecule has 1 aromatic carbocycles. The zero-order valence-corrected chi connectivity index (χ0v) is 16.8. The van der Waals surface area contributed by atoms with E-state index in [1.54, 1.807) is 6.20 Å². The largest absolute Gasteiger partial charge is 0.491 e. The van der Waals surface area contributed by atoms with Gasteiger partial charge in [-0.3, -0.25) is 9.78 Å². The molecule has 2 aliphatic rings. The summed E-state index contributed by atoms with van der Waals surface area (Å²) in [6, 6.07) is 9.92. The summed E-state index contributed by atoms with van der Waals surface area (Å²) < 4.78 is 5.86. The molecule has 7 heteroatoms. The van der Waals surface area contributed by atoms with Crippen molar-refractivity contribution in [1.29, 1.82) is 0 Å².